The van der Waals surface area contributed by atoms with Crippen LogP contribution in [0.1, 0.15) is 11.6 Å². The van der Waals surface area contributed by atoms with Crippen LogP contribution < -0.4 is 5.32 Å². The van der Waals surface area contributed by atoms with E-state index < -0.39 is 29.4 Å². The van der Waals surface area contributed by atoms with Crippen molar-refractivity contribution in [2.24, 2.45) is 0 Å². The minimum Gasteiger partial charge on any atom is -0.314 e. The fraction of sp³-hybridized carbons (Fsp3) is 0.500. The Hall–Kier alpha value is -0.630. The molecule has 0 aliphatic carbocycles. The van der Waals surface area contributed by atoms with Gasteiger partial charge in [0.2, 0.25) is 0 Å². The zero-order chi connectivity index (χ0) is 14.0. The van der Waals surface area contributed by atoms with Gasteiger partial charge in [-0.05, 0) is 18.2 Å². The summed E-state index contributed by atoms with van der Waals surface area (Å²) in [7, 11) is 0. The third-order valence-corrected chi connectivity index (χ3v) is 3.08. The molecule has 1 atom stereocenters. The van der Waals surface area contributed by atoms with Gasteiger partial charge < -0.3 is 5.32 Å². The van der Waals surface area contributed by atoms with Crippen molar-refractivity contribution in [2.45, 2.75) is 12.2 Å². The highest BCUT2D eigenvalue weighted by atomic mass is 35.5. The van der Waals surface area contributed by atoms with Gasteiger partial charge in [0.1, 0.15) is 17.7 Å². The Bertz CT molecular complexity index is 450. The topological polar surface area (TPSA) is 15.3 Å². The summed E-state index contributed by atoms with van der Waals surface area (Å²) < 4.78 is 66.1. The Morgan fingerprint density at radius 1 is 1.05 bits per heavy atom. The fourth-order valence-corrected chi connectivity index (χ4v) is 2.24. The van der Waals surface area contributed by atoms with Crippen LogP contribution in [0.2, 0.25) is 0 Å². The maximum absolute atomic E-state index is 13.6. The summed E-state index contributed by atoms with van der Waals surface area (Å²) in [6, 6.07) is 0.0517. The van der Waals surface area contributed by atoms with Gasteiger partial charge in [-0.25, -0.2) is 8.78 Å². The molecule has 0 aromatic heterocycles. The first-order chi connectivity index (χ1) is 8.89. The second-order valence-electron chi connectivity index (χ2n) is 4.40. The van der Waals surface area contributed by atoms with E-state index >= 15 is 0 Å². The minimum atomic E-state index is -4.65. The molecule has 1 fully saturated rings. The summed E-state index contributed by atoms with van der Waals surface area (Å²) in [6.07, 6.45) is -4.65. The summed E-state index contributed by atoms with van der Waals surface area (Å²) >= 11 is 0. The minimum absolute atomic E-state index is 0. The Morgan fingerprint density at radius 2 is 1.62 bits per heavy atom. The molecule has 2 nitrogen and oxygen atoms in total. The second kappa shape index (κ2) is 8.12. The monoisotopic (exact) mass is 352 g/mol. The lowest BCUT2D eigenvalue weighted by molar-refractivity contribution is -0.188. The Morgan fingerprint density at radius 3 is 2.14 bits per heavy atom. The molecule has 1 saturated heterocycles. The average molecular weight is 353 g/mol. The Kier molecular flexibility index (Phi) is 7.88. The van der Waals surface area contributed by atoms with Crippen molar-refractivity contribution in [1.29, 1.82) is 0 Å². The van der Waals surface area contributed by atoms with E-state index in [1.165, 1.54) is 0 Å². The predicted octanol–water partition coefficient (Wildman–Crippen LogP) is 3.32. The number of hydrogen-bond donors (Lipinski definition) is 1. The SMILES string of the molecule is Cl.Cl.Fc1ccc(F)c([C@@H](N2CCNCC2)C(F)(F)F)c1. The molecule has 2 rings (SSSR count). The molecule has 122 valence electrons. The lowest BCUT2D eigenvalue weighted by Gasteiger charge is -2.36. The normalized spacial score (nSPS) is 17.6. The second-order valence-corrected chi connectivity index (χ2v) is 4.40. The summed E-state index contributed by atoms with van der Waals surface area (Å²) in [5, 5.41) is 2.92. The number of piperazine rings is 1. The van der Waals surface area contributed by atoms with Crippen LogP contribution in [-0.2, 0) is 0 Å². The Labute approximate surface area is 131 Å². The van der Waals surface area contributed by atoms with E-state index in [1.807, 2.05) is 0 Å². The molecule has 21 heavy (non-hydrogen) atoms. The average Bonchev–Trinajstić information content (AvgIpc) is 2.33. The number of nitrogens with zero attached hydrogens (tertiary/aromatic N) is 1. The van der Waals surface area contributed by atoms with Gasteiger partial charge in [-0.3, -0.25) is 4.90 Å². The van der Waals surface area contributed by atoms with Crippen LogP contribution in [0.5, 0.6) is 0 Å². The maximum atomic E-state index is 13.6. The molecule has 0 bridgehead atoms. The van der Waals surface area contributed by atoms with Crippen molar-refractivity contribution in [3.8, 4) is 0 Å². The van der Waals surface area contributed by atoms with E-state index in [-0.39, 0.29) is 37.9 Å². The molecule has 0 amide bonds. The van der Waals surface area contributed by atoms with Gasteiger partial charge in [-0.1, -0.05) is 0 Å². The first kappa shape index (κ1) is 20.4. The van der Waals surface area contributed by atoms with E-state index in [1.54, 1.807) is 0 Å². The number of alkyl halides is 3. The van der Waals surface area contributed by atoms with Crippen molar-refractivity contribution >= 4 is 24.8 Å². The first-order valence-corrected chi connectivity index (χ1v) is 5.86. The summed E-state index contributed by atoms with van der Waals surface area (Å²) in [5.41, 5.74) is -0.658. The molecule has 1 aliphatic rings. The third kappa shape index (κ3) is 4.95. The van der Waals surface area contributed by atoms with Crippen LogP contribution >= 0.6 is 24.8 Å². The largest absolute Gasteiger partial charge is 0.408 e. The maximum Gasteiger partial charge on any atom is 0.408 e. The fourth-order valence-electron chi connectivity index (χ4n) is 2.24. The summed E-state index contributed by atoms with van der Waals surface area (Å²) in [5.74, 6) is -1.91. The van der Waals surface area contributed by atoms with E-state index in [2.05, 4.69) is 5.32 Å². The van der Waals surface area contributed by atoms with E-state index in [0.717, 1.165) is 17.0 Å². The van der Waals surface area contributed by atoms with Gasteiger partial charge >= 0.3 is 6.18 Å². The van der Waals surface area contributed by atoms with Crippen LogP contribution in [0.4, 0.5) is 22.0 Å². The Balaban J connectivity index is 0.00000200. The number of rotatable bonds is 2. The zero-order valence-corrected chi connectivity index (χ0v) is 12.4. The van der Waals surface area contributed by atoms with E-state index in [0.29, 0.717) is 19.2 Å². The van der Waals surface area contributed by atoms with Crippen LogP contribution in [-0.4, -0.2) is 37.3 Å². The van der Waals surface area contributed by atoms with Crippen molar-refractivity contribution in [3.63, 3.8) is 0 Å². The molecule has 1 aromatic carbocycles. The standard InChI is InChI=1S/C12H13F5N2.2ClH/c13-8-1-2-10(14)9(7-8)11(12(15,16)17)19-5-3-18-4-6-19;;/h1-2,7,11,18H,3-6H2;2*1H/t11-;;/m1../s1. The van der Waals surface area contributed by atoms with Crippen molar-refractivity contribution in [3.05, 3.63) is 35.4 Å². The molecule has 0 saturated carbocycles. The van der Waals surface area contributed by atoms with Gasteiger partial charge in [-0.2, -0.15) is 13.2 Å². The molecule has 0 spiro atoms. The highest BCUT2D eigenvalue weighted by molar-refractivity contribution is 5.85. The van der Waals surface area contributed by atoms with E-state index in [4.69, 9.17) is 0 Å². The van der Waals surface area contributed by atoms with Gasteiger partial charge in [0, 0.05) is 31.7 Å². The molecule has 0 radical (unpaired) electrons. The zero-order valence-electron chi connectivity index (χ0n) is 10.8. The van der Waals surface area contributed by atoms with Crippen LogP contribution in [0.25, 0.3) is 0 Å². The van der Waals surface area contributed by atoms with Gasteiger partial charge in [0.05, 0.1) is 0 Å². The molecule has 1 heterocycles. The van der Waals surface area contributed by atoms with Crippen LogP contribution in [0, 0.1) is 11.6 Å². The smallest absolute Gasteiger partial charge is 0.314 e. The van der Waals surface area contributed by atoms with Crippen molar-refractivity contribution in [2.75, 3.05) is 26.2 Å². The van der Waals surface area contributed by atoms with E-state index in [9.17, 15) is 22.0 Å². The third-order valence-electron chi connectivity index (χ3n) is 3.08. The van der Waals surface area contributed by atoms with Crippen molar-refractivity contribution in [1.82, 2.24) is 10.2 Å². The molecular formula is C12H15Cl2F5N2. The number of hydrogen-bond acceptors (Lipinski definition) is 2. The molecule has 1 N–H and O–H groups in total. The molecule has 9 heteroatoms. The van der Waals surface area contributed by atoms with Gasteiger partial charge in [-0.15, -0.1) is 24.8 Å². The highest BCUT2D eigenvalue weighted by Gasteiger charge is 2.46. The highest BCUT2D eigenvalue weighted by Crippen LogP contribution is 2.39. The quantitative estimate of drug-likeness (QED) is 0.821. The first-order valence-electron chi connectivity index (χ1n) is 5.86. The number of nitrogens with one attached hydrogen (secondary N) is 1. The molecule has 1 aliphatic heterocycles. The molecule has 0 unspecified atom stereocenters. The molecule has 1 aromatic rings. The van der Waals surface area contributed by atoms with Crippen LogP contribution in [0.15, 0.2) is 18.2 Å². The predicted molar refractivity (Wildman–Crippen MR) is 74.1 cm³/mol. The summed E-state index contributed by atoms with van der Waals surface area (Å²) in [6.45, 7) is 1.06. The summed E-state index contributed by atoms with van der Waals surface area (Å²) in [4.78, 5) is 1.12. The molecular weight excluding hydrogens is 338 g/mol. The van der Waals surface area contributed by atoms with Gasteiger partial charge in [0.15, 0.2) is 0 Å². The lowest BCUT2D eigenvalue weighted by Crippen LogP contribution is -2.49. The van der Waals surface area contributed by atoms with Crippen LogP contribution in [0.3, 0.4) is 0 Å². The van der Waals surface area contributed by atoms with Crippen molar-refractivity contribution < 1.29 is 22.0 Å². The van der Waals surface area contributed by atoms with Gasteiger partial charge in [0.25, 0.3) is 0 Å². The number of halogens is 7. The number of benzene rings is 1. The lowest BCUT2D eigenvalue weighted by atomic mass is 10.0.